The highest BCUT2D eigenvalue weighted by Gasteiger charge is 2.02. The van der Waals surface area contributed by atoms with Gasteiger partial charge in [-0.05, 0) is 49.0 Å². The molecule has 0 amide bonds. The number of nitriles is 1. The van der Waals surface area contributed by atoms with E-state index >= 15 is 0 Å². The Kier molecular flexibility index (Phi) is 5.79. The molecule has 0 saturated carbocycles. The van der Waals surface area contributed by atoms with Crippen molar-refractivity contribution in [3.05, 3.63) is 65.5 Å². The Morgan fingerprint density at radius 2 is 1.76 bits per heavy atom. The fourth-order valence-corrected chi connectivity index (χ4v) is 2.89. The average molecular weight is 300 g/mol. The molecule has 2 nitrogen and oxygen atoms in total. The molecule has 0 unspecified atom stereocenters. The first-order chi connectivity index (χ1) is 10.2. The molecule has 2 aromatic rings. The molecule has 0 N–H and O–H groups in total. The molecule has 21 heavy (non-hydrogen) atoms. The number of rotatable bonds is 6. The van der Waals surface area contributed by atoms with E-state index in [1.807, 2.05) is 24.3 Å². The summed E-state index contributed by atoms with van der Waals surface area (Å²) in [6.45, 7) is 1.80. The molecule has 0 spiro atoms. The molecule has 108 valence electrons. The highest BCUT2D eigenvalue weighted by molar-refractivity contribution is 7.99. The van der Waals surface area contributed by atoms with Crippen LogP contribution < -0.4 is 0 Å². The first-order valence-electron chi connectivity index (χ1n) is 6.73. The number of nitrogens with zero attached hydrogens (tertiary/aromatic N) is 2. The van der Waals surface area contributed by atoms with Gasteiger partial charge in [-0.1, -0.05) is 12.1 Å². The zero-order valence-electron chi connectivity index (χ0n) is 11.9. The Morgan fingerprint density at radius 1 is 1.10 bits per heavy atom. The van der Waals surface area contributed by atoms with E-state index in [4.69, 9.17) is 5.26 Å². The Labute approximate surface area is 129 Å². The maximum atomic E-state index is 12.8. The fraction of sp³-hybridized carbons (Fsp3) is 0.235. The van der Waals surface area contributed by atoms with Crippen molar-refractivity contribution in [2.24, 2.45) is 0 Å². The van der Waals surface area contributed by atoms with E-state index in [0.717, 1.165) is 23.7 Å². The Bertz CT molecular complexity index is 602. The molecule has 0 aliphatic carbocycles. The maximum Gasteiger partial charge on any atom is 0.123 e. The van der Waals surface area contributed by atoms with Crippen molar-refractivity contribution in [1.82, 2.24) is 4.90 Å². The number of thioether (sulfide) groups is 1. The SMILES string of the molecule is CN(CCSc1ccc(F)cc1)Cc1ccc(C#N)cc1. The van der Waals surface area contributed by atoms with E-state index in [1.165, 1.54) is 17.7 Å². The third kappa shape index (κ3) is 5.22. The van der Waals surface area contributed by atoms with Crippen molar-refractivity contribution < 1.29 is 4.39 Å². The summed E-state index contributed by atoms with van der Waals surface area (Å²) in [5, 5.41) is 8.77. The molecule has 0 atom stereocenters. The molecule has 2 rings (SSSR count). The minimum absolute atomic E-state index is 0.197. The van der Waals surface area contributed by atoms with Crippen LogP contribution in [-0.4, -0.2) is 24.2 Å². The predicted molar refractivity (Wildman–Crippen MR) is 84.6 cm³/mol. The van der Waals surface area contributed by atoms with Crippen molar-refractivity contribution in [3.63, 3.8) is 0 Å². The fourth-order valence-electron chi connectivity index (χ4n) is 1.93. The first-order valence-corrected chi connectivity index (χ1v) is 7.72. The topological polar surface area (TPSA) is 27.0 Å². The van der Waals surface area contributed by atoms with Crippen molar-refractivity contribution >= 4 is 11.8 Å². The summed E-state index contributed by atoms with van der Waals surface area (Å²) < 4.78 is 12.8. The largest absolute Gasteiger partial charge is 0.301 e. The molecule has 0 aromatic heterocycles. The van der Waals surface area contributed by atoms with Gasteiger partial charge in [0.25, 0.3) is 0 Å². The molecular weight excluding hydrogens is 283 g/mol. The highest BCUT2D eigenvalue weighted by atomic mass is 32.2. The Balaban J connectivity index is 1.75. The lowest BCUT2D eigenvalue weighted by Crippen LogP contribution is -2.20. The summed E-state index contributed by atoms with van der Waals surface area (Å²) >= 11 is 1.72. The Hall–Kier alpha value is -1.83. The molecule has 0 saturated heterocycles. The average Bonchev–Trinajstić information content (AvgIpc) is 2.50. The van der Waals surface area contributed by atoms with E-state index in [0.29, 0.717) is 5.56 Å². The smallest absolute Gasteiger partial charge is 0.123 e. The van der Waals surface area contributed by atoms with Gasteiger partial charge in [0.1, 0.15) is 5.82 Å². The number of benzene rings is 2. The number of hydrogen-bond donors (Lipinski definition) is 0. The molecule has 0 fully saturated rings. The molecule has 4 heteroatoms. The second kappa shape index (κ2) is 7.82. The maximum absolute atomic E-state index is 12.8. The molecule has 0 bridgehead atoms. The van der Waals surface area contributed by atoms with E-state index in [9.17, 15) is 4.39 Å². The van der Waals surface area contributed by atoms with Gasteiger partial charge < -0.3 is 4.90 Å². The summed E-state index contributed by atoms with van der Waals surface area (Å²) in [7, 11) is 2.07. The van der Waals surface area contributed by atoms with Crippen LogP contribution in [0.25, 0.3) is 0 Å². The van der Waals surface area contributed by atoms with Gasteiger partial charge in [-0.25, -0.2) is 4.39 Å². The van der Waals surface area contributed by atoms with Crippen LogP contribution in [0.5, 0.6) is 0 Å². The van der Waals surface area contributed by atoms with Crippen LogP contribution in [0.15, 0.2) is 53.4 Å². The predicted octanol–water partition coefficient (Wildman–Crippen LogP) is 3.92. The van der Waals surface area contributed by atoms with E-state index in [1.54, 1.807) is 23.9 Å². The Morgan fingerprint density at radius 3 is 2.38 bits per heavy atom. The van der Waals surface area contributed by atoms with Gasteiger partial charge in [-0.2, -0.15) is 5.26 Å². The lowest BCUT2D eigenvalue weighted by Gasteiger charge is -2.16. The van der Waals surface area contributed by atoms with Gasteiger partial charge in [0, 0.05) is 23.7 Å². The third-order valence-corrected chi connectivity index (χ3v) is 4.08. The van der Waals surface area contributed by atoms with Gasteiger partial charge >= 0.3 is 0 Å². The summed E-state index contributed by atoms with van der Waals surface area (Å²) in [6.07, 6.45) is 0. The van der Waals surface area contributed by atoms with E-state index in [2.05, 4.69) is 18.0 Å². The molecule has 2 aromatic carbocycles. The molecule has 0 radical (unpaired) electrons. The molecule has 0 heterocycles. The van der Waals surface area contributed by atoms with Gasteiger partial charge in [0.2, 0.25) is 0 Å². The third-order valence-electron chi connectivity index (χ3n) is 3.09. The van der Waals surface area contributed by atoms with Crippen LogP contribution in [-0.2, 0) is 6.54 Å². The van der Waals surface area contributed by atoms with Crippen LogP contribution in [0, 0.1) is 17.1 Å². The monoisotopic (exact) mass is 300 g/mol. The van der Waals surface area contributed by atoms with E-state index < -0.39 is 0 Å². The van der Waals surface area contributed by atoms with Gasteiger partial charge in [-0.3, -0.25) is 0 Å². The second-order valence-corrected chi connectivity index (χ2v) is 6.02. The quantitative estimate of drug-likeness (QED) is 0.757. The second-order valence-electron chi connectivity index (χ2n) is 4.85. The van der Waals surface area contributed by atoms with Gasteiger partial charge in [0.05, 0.1) is 11.6 Å². The first kappa shape index (κ1) is 15.6. The zero-order chi connectivity index (χ0) is 15.1. The summed E-state index contributed by atoms with van der Waals surface area (Å²) in [4.78, 5) is 3.32. The van der Waals surface area contributed by atoms with Gasteiger partial charge in [0.15, 0.2) is 0 Å². The van der Waals surface area contributed by atoms with Crippen LogP contribution >= 0.6 is 11.8 Å². The number of hydrogen-bond acceptors (Lipinski definition) is 3. The molecule has 0 aliphatic heterocycles. The normalized spacial score (nSPS) is 10.6. The minimum atomic E-state index is -0.197. The van der Waals surface area contributed by atoms with Crippen molar-refractivity contribution in [3.8, 4) is 6.07 Å². The van der Waals surface area contributed by atoms with Crippen molar-refractivity contribution in [2.75, 3.05) is 19.3 Å². The standard InChI is InChI=1S/C17H17FN2S/c1-20(13-15-4-2-14(12-19)3-5-15)10-11-21-17-8-6-16(18)7-9-17/h2-9H,10-11,13H2,1H3. The summed E-state index contributed by atoms with van der Waals surface area (Å²) in [6, 6.07) is 16.4. The summed E-state index contributed by atoms with van der Waals surface area (Å²) in [5.41, 5.74) is 1.89. The molecule has 0 aliphatic rings. The lowest BCUT2D eigenvalue weighted by atomic mass is 10.1. The van der Waals surface area contributed by atoms with Crippen LogP contribution in [0.1, 0.15) is 11.1 Å². The lowest BCUT2D eigenvalue weighted by molar-refractivity contribution is 0.348. The van der Waals surface area contributed by atoms with Gasteiger partial charge in [-0.15, -0.1) is 11.8 Å². The summed E-state index contributed by atoms with van der Waals surface area (Å²) in [5.74, 6) is 0.760. The van der Waals surface area contributed by atoms with Crippen molar-refractivity contribution in [1.29, 1.82) is 5.26 Å². The number of halogens is 1. The highest BCUT2D eigenvalue weighted by Crippen LogP contribution is 2.18. The van der Waals surface area contributed by atoms with Crippen LogP contribution in [0.3, 0.4) is 0 Å². The minimum Gasteiger partial charge on any atom is -0.301 e. The zero-order valence-corrected chi connectivity index (χ0v) is 12.7. The van der Waals surface area contributed by atoms with E-state index in [-0.39, 0.29) is 5.82 Å². The molecular formula is C17H17FN2S. The van der Waals surface area contributed by atoms with Crippen molar-refractivity contribution in [2.45, 2.75) is 11.4 Å². The van der Waals surface area contributed by atoms with Crippen LogP contribution in [0.4, 0.5) is 4.39 Å². The van der Waals surface area contributed by atoms with Crippen LogP contribution in [0.2, 0.25) is 0 Å².